The van der Waals surface area contributed by atoms with Crippen molar-refractivity contribution in [2.45, 2.75) is 17.7 Å². The quantitative estimate of drug-likeness (QED) is 0.730. The minimum atomic E-state index is -3.11. The molecule has 1 aromatic carbocycles. The van der Waals surface area contributed by atoms with E-state index in [1.165, 1.54) is 23.1 Å². The number of fused-ring (bicyclic) bond motifs is 2. The van der Waals surface area contributed by atoms with Crippen LogP contribution in [0.3, 0.4) is 0 Å². The molecule has 1 amide bonds. The Hall–Kier alpha value is -2.04. The van der Waals surface area contributed by atoms with Gasteiger partial charge in [-0.25, -0.2) is 8.42 Å². The normalized spacial score (nSPS) is 26.0. The Morgan fingerprint density at radius 3 is 2.89 bits per heavy atom. The van der Waals surface area contributed by atoms with Gasteiger partial charge in [-0.3, -0.25) is 4.79 Å². The molecule has 1 aromatic heterocycles. The first-order valence-electron chi connectivity index (χ1n) is 8.68. The minimum Gasteiger partial charge on any atom is -0.454 e. The van der Waals surface area contributed by atoms with E-state index in [4.69, 9.17) is 9.47 Å². The van der Waals surface area contributed by atoms with E-state index >= 15 is 0 Å². The maximum Gasteiger partial charge on any atom is 0.253 e. The summed E-state index contributed by atoms with van der Waals surface area (Å²) in [5.41, 5.74) is 0.754. The van der Waals surface area contributed by atoms with Crippen molar-refractivity contribution in [3.05, 3.63) is 40.6 Å². The second-order valence-corrected chi connectivity index (χ2v) is 11.1. The highest BCUT2D eigenvalue weighted by Crippen LogP contribution is 2.43. The van der Waals surface area contributed by atoms with E-state index in [9.17, 15) is 13.2 Å². The molecule has 2 aromatic rings. The molecule has 2 saturated heterocycles. The van der Waals surface area contributed by atoms with Crippen LogP contribution in [0.25, 0.3) is 0 Å². The summed E-state index contributed by atoms with van der Waals surface area (Å²) in [5, 5.41) is 2.34. The van der Waals surface area contributed by atoms with Gasteiger partial charge < -0.3 is 14.4 Å². The van der Waals surface area contributed by atoms with Gasteiger partial charge in [0.05, 0.1) is 24.0 Å². The molecule has 0 bridgehead atoms. The molecule has 3 aliphatic rings. The van der Waals surface area contributed by atoms with E-state index in [0.717, 1.165) is 10.6 Å². The van der Waals surface area contributed by atoms with Crippen LogP contribution in [0, 0.1) is 0 Å². The van der Waals surface area contributed by atoms with Crippen molar-refractivity contribution in [1.82, 2.24) is 0 Å². The molecule has 4 heterocycles. The van der Waals surface area contributed by atoms with Crippen LogP contribution in [-0.4, -0.2) is 49.1 Å². The van der Waals surface area contributed by atoms with E-state index in [0.29, 0.717) is 16.7 Å². The lowest BCUT2D eigenvalue weighted by atomic mass is 10.2. The van der Waals surface area contributed by atoms with Crippen LogP contribution < -0.4 is 14.4 Å². The zero-order valence-corrected chi connectivity index (χ0v) is 17.1. The van der Waals surface area contributed by atoms with Crippen molar-refractivity contribution in [2.24, 2.45) is 4.99 Å². The van der Waals surface area contributed by atoms with Gasteiger partial charge in [0, 0.05) is 21.9 Å². The van der Waals surface area contributed by atoms with E-state index in [1.54, 1.807) is 6.07 Å². The third-order valence-electron chi connectivity index (χ3n) is 4.83. The van der Waals surface area contributed by atoms with Gasteiger partial charge >= 0.3 is 0 Å². The first-order chi connectivity index (χ1) is 13.5. The number of nitrogens with zero attached hydrogens (tertiary/aromatic N) is 2. The third-order valence-corrected chi connectivity index (χ3v) is 8.91. The Labute approximate surface area is 170 Å². The summed E-state index contributed by atoms with van der Waals surface area (Å²) in [4.78, 5) is 19.7. The van der Waals surface area contributed by atoms with Gasteiger partial charge in [-0.15, -0.1) is 11.3 Å². The van der Waals surface area contributed by atoms with E-state index < -0.39 is 9.84 Å². The zero-order valence-electron chi connectivity index (χ0n) is 14.6. The van der Waals surface area contributed by atoms with Gasteiger partial charge in [0.1, 0.15) is 0 Å². The number of thioether (sulfide) groups is 1. The Morgan fingerprint density at radius 1 is 1.21 bits per heavy atom. The SMILES string of the molecule is O=C(Cc1cccs1)N=C1S[C@H]2CS(=O)(=O)C[C@@H]2N1c1ccc2c(c1)OCO2. The van der Waals surface area contributed by atoms with Crippen molar-refractivity contribution in [2.75, 3.05) is 23.2 Å². The van der Waals surface area contributed by atoms with Crippen LogP contribution in [-0.2, 0) is 21.1 Å². The lowest BCUT2D eigenvalue weighted by Gasteiger charge is -2.24. The maximum atomic E-state index is 12.5. The fraction of sp³-hybridized carbons (Fsp3) is 0.333. The molecule has 0 saturated carbocycles. The second-order valence-electron chi connectivity index (χ2n) is 6.75. The Kier molecular flexibility index (Phi) is 4.37. The molecule has 0 spiro atoms. The van der Waals surface area contributed by atoms with Crippen molar-refractivity contribution in [3.8, 4) is 11.5 Å². The number of carbonyl (C=O) groups excluding carboxylic acids is 1. The Balaban J connectivity index is 1.49. The van der Waals surface area contributed by atoms with Crippen molar-refractivity contribution in [3.63, 3.8) is 0 Å². The molecule has 0 unspecified atom stereocenters. The second kappa shape index (κ2) is 6.78. The number of sulfone groups is 1. The monoisotopic (exact) mass is 436 g/mol. The van der Waals surface area contributed by atoms with Crippen LogP contribution in [0.2, 0.25) is 0 Å². The molecule has 5 rings (SSSR count). The standard InChI is InChI=1S/C18H16N2O5S3/c21-17(7-12-2-1-5-26-12)19-18-20(13-8-28(22,23)9-16(13)27-18)11-3-4-14-15(6-11)25-10-24-14/h1-6,13,16H,7-10H2/t13-,16-/m0/s1. The van der Waals surface area contributed by atoms with Gasteiger partial charge in [0.15, 0.2) is 26.5 Å². The van der Waals surface area contributed by atoms with Crippen molar-refractivity contribution in [1.29, 1.82) is 0 Å². The molecule has 3 aliphatic heterocycles. The number of amides is 1. The summed E-state index contributed by atoms with van der Waals surface area (Å²) in [6, 6.07) is 9.02. The number of ether oxygens (including phenoxy) is 2. The first-order valence-corrected chi connectivity index (χ1v) is 12.3. The number of thiophene rings is 1. The summed E-state index contributed by atoms with van der Waals surface area (Å²) in [5.74, 6) is 1.17. The largest absolute Gasteiger partial charge is 0.454 e. The van der Waals surface area contributed by atoms with Crippen LogP contribution in [0.4, 0.5) is 5.69 Å². The number of rotatable bonds is 3. The lowest BCUT2D eigenvalue weighted by molar-refractivity contribution is -0.117. The number of aliphatic imine (C=N–C) groups is 1. The highest BCUT2D eigenvalue weighted by Gasteiger charge is 2.49. The molecule has 7 nitrogen and oxygen atoms in total. The smallest absolute Gasteiger partial charge is 0.253 e. The van der Waals surface area contributed by atoms with Crippen LogP contribution in [0.5, 0.6) is 11.5 Å². The average Bonchev–Trinajstić information content (AvgIpc) is 3.38. The van der Waals surface area contributed by atoms with Gasteiger partial charge in [-0.1, -0.05) is 17.8 Å². The summed E-state index contributed by atoms with van der Waals surface area (Å²) in [6.07, 6.45) is 0.240. The molecule has 146 valence electrons. The topological polar surface area (TPSA) is 85.3 Å². The van der Waals surface area contributed by atoms with Gasteiger partial charge in [-0.05, 0) is 23.6 Å². The predicted octanol–water partition coefficient (Wildman–Crippen LogP) is 2.32. The molecule has 0 aliphatic carbocycles. The fourth-order valence-corrected chi connectivity index (χ4v) is 8.24. The molecule has 2 fully saturated rings. The fourth-order valence-electron chi connectivity index (χ4n) is 3.61. The summed E-state index contributed by atoms with van der Waals surface area (Å²) in [6.45, 7) is 0.161. The molecule has 28 heavy (non-hydrogen) atoms. The first kappa shape index (κ1) is 18.0. The number of amidine groups is 1. The number of benzene rings is 1. The molecule has 0 radical (unpaired) electrons. The predicted molar refractivity (Wildman–Crippen MR) is 109 cm³/mol. The minimum absolute atomic E-state index is 0.0528. The highest BCUT2D eigenvalue weighted by molar-refractivity contribution is 8.16. The summed E-state index contributed by atoms with van der Waals surface area (Å²) >= 11 is 2.88. The Morgan fingerprint density at radius 2 is 2.07 bits per heavy atom. The third kappa shape index (κ3) is 3.29. The van der Waals surface area contributed by atoms with E-state index in [1.807, 2.05) is 34.5 Å². The Bertz CT molecular complexity index is 1060. The summed E-state index contributed by atoms with van der Waals surface area (Å²) in [7, 11) is -3.11. The molecular weight excluding hydrogens is 420 g/mol. The number of hydrogen-bond acceptors (Lipinski definition) is 7. The number of anilines is 1. The van der Waals surface area contributed by atoms with Crippen LogP contribution in [0.15, 0.2) is 40.7 Å². The van der Waals surface area contributed by atoms with Gasteiger partial charge in [0.2, 0.25) is 6.79 Å². The zero-order chi connectivity index (χ0) is 19.3. The van der Waals surface area contributed by atoms with Gasteiger partial charge in [0.25, 0.3) is 5.91 Å². The average molecular weight is 437 g/mol. The molecule has 0 N–H and O–H groups in total. The van der Waals surface area contributed by atoms with Crippen LogP contribution in [0.1, 0.15) is 4.88 Å². The van der Waals surface area contributed by atoms with Crippen molar-refractivity contribution < 1.29 is 22.7 Å². The molecular formula is C18H16N2O5S3. The molecule has 10 heteroatoms. The highest BCUT2D eigenvalue weighted by atomic mass is 32.2. The van der Waals surface area contributed by atoms with E-state index in [-0.39, 0.29) is 41.9 Å². The van der Waals surface area contributed by atoms with Crippen LogP contribution >= 0.6 is 23.1 Å². The number of carbonyl (C=O) groups is 1. The van der Waals surface area contributed by atoms with Crippen molar-refractivity contribution >= 4 is 49.7 Å². The molecule has 2 atom stereocenters. The van der Waals surface area contributed by atoms with E-state index in [2.05, 4.69) is 4.99 Å². The lowest BCUT2D eigenvalue weighted by Crippen LogP contribution is -2.37. The maximum absolute atomic E-state index is 12.5. The van der Waals surface area contributed by atoms with Gasteiger partial charge in [-0.2, -0.15) is 4.99 Å². The number of hydrogen-bond donors (Lipinski definition) is 0. The summed E-state index contributed by atoms with van der Waals surface area (Å²) < 4.78 is 35.1.